The van der Waals surface area contributed by atoms with Gasteiger partial charge in [-0.2, -0.15) is 0 Å². The molecule has 0 bridgehead atoms. The molecule has 1 fully saturated rings. The van der Waals surface area contributed by atoms with Crippen LogP contribution in [0.25, 0.3) is 0 Å². The second kappa shape index (κ2) is 7.63. The van der Waals surface area contributed by atoms with Crippen molar-refractivity contribution in [3.63, 3.8) is 0 Å². The minimum Gasteiger partial charge on any atom is -0.336 e. The molecule has 0 aliphatic carbocycles. The van der Waals surface area contributed by atoms with Gasteiger partial charge < -0.3 is 4.90 Å². The number of nitro benzene ring substituents is 1. The third-order valence-corrected chi connectivity index (χ3v) is 4.55. The number of halogens is 1. The molecule has 7 heteroatoms. The van der Waals surface area contributed by atoms with E-state index < -0.39 is 0 Å². The van der Waals surface area contributed by atoms with Gasteiger partial charge in [0.25, 0.3) is 11.6 Å². The van der Waals surface area contributed by atoms with Crippen molar-refractivity contribution in [2.45, 2.75) is 6.54 Å². The molecule has 0 N–H and O–H groups in total. The zero-order chi connectivity index (χ0) is 17.8. The van der Waals surface area contributed by atoms with Crippen molar-refractivity contribution in [2.75, 3.05) is 26.2 Å². The molecule has 0 atom stereocenters. The number of hydrogen-bond acceptors (Lipinski definition) is 4. The topological polar surface area (TPSA) is 66.7 Å². The van der Waals surface area contributed by atoms with Crippen LogP contribution in [-0.4, -0.2) is 46.8 Å². The molecular weight excluding hydrogens is 342 g/mol. The van der Waals surface area contributed by atoms with Crippen molar-refractivity contribution in [1.82, 2.24) is 9.80 Å². The van der Waals surface area contributed by atoms with Gasteiger partial charge in [-0.3, -0.25) is 19.8 Å². The Bertz CT molecular complexity index is 789. The minimum atomic E-state index is -0.353. The fraction of sp³-hybridized carbons (Fsp3) is 0.278. The van der Waals surface area contributed by atoms with E-state index in [0.717, 1.165) is 0 Å². The summed E-state index contributed by atoms with van der Waals surface area (Å²) in [7, 11) is 0. The molecule has 130 valence electrons. The Morgan fingerprint density at radius 3 is 2.48 bits per heavy atom. The maximum atomic E-state index is 12.5. The van der Waals surface area contributed by atoms with Crippen molar-refractivity contribution >= 4 is 23.2 Å². The molecule has 0 spiro atoms. The third kappa shape index (κ3) is 4.15. The SMILES string of the molecule is O=C(c1cccc(Cl)c1)N1CCN(Cc2ccccc2[N+](=O)[O-])CC1. The number of piperazine rings is 1. The van der Waals surface area contributed by atoms with Crippen LogP contribution in [0.3, 0.4) is 0 Å². The molecule has 1 aliphatic heterocycles. The Morgan fingerprint density at radius 2 is 1.80 bits per heavy atom. The quantitative estimate of drug-likeness (QED) is 0.621. The zero-order valence-electron chi connectivity index (χ0n) is 13.6. The highest BCUT2D eigenvalue weighted by molar-refractivity contribution is 6.30. The Labute approximate surface area is 150 Å². The molecule has 3 rings (SSSR count). The molecule has 0 saturated carbocycles. The van der Waals surface area contributed by atoms with Gasteiger partial charge in [0.05, 0.1) is 4.92 Å². The lowest BCUT2D eigenvalue weighted by molar-refractivity contribution is -0.385. The smallest absolute Gasteiger partial charge is 0.273 e. The van der Waals surface area contributed by atoms with Gasteiger partial charge in [0.2, 0.25) is 0 Å². The van der Waals surface area contributed by atoms with Gasteiger partial charge >= 0.3 is 0 Å². The molecule has 1 amide bonds. The van der Waals surface area contributed by atoms with E-state index in [-0.39, 0.29) is 16.5 Å². The van der Waals surface area contributed by atoms with Gasteiger partial charge in [0.15, 0.2) is 0 Å². The van der Waals surface area contributed by atoms with Gasteiger partial charge in [0, 0.05) is 54.9 Å². The lowest BCUT2D eigenvalue weighted by Crippen LogP contribution is -2.48. The summed E-state index contributed by atoms with van der Waals surface area (Å²) >= 11 is 5.95. The van der Waals surface area contributed by atoms with Crippen molar-refractivity contribution in [2.24, 2.45) is 0 Å². The fourth-order valence-electron chi connectivity index (χ4n) is 2.98. The first-order chi connectivity index (χ1) is 12.0. The van der Waals surface area contributed by atoms with Crippen molar-refractivity contribution < 1.29 is 9.72 Å². The molecule has 2 aromatic carbocycles. The molecule has 6 nitrogen and oxygen atoms in total. The first-order valence-corrected chi connectivity index (χ1v) is 8.42. The highest BCUT2D eigenvalue weighted by atomic mass is 35.5. The van der Waals surface area contributed by atoms with E-state index >= 15 is 0 Å². The average Bonchev–Trinajstić information content (AvgIpc) is 2.62. The second-order valence-corrected chi connectivity index (χ2v) is 6.40. The summed E-state index contributed by atoms with van der Waals surface area (Å²) in [6.07, 6.45) is 0. The highest BCUT2D eigenvalue weighted by Gasteiger charge is 2.24. The first kappa shape index (κ1) is 17.4. The van der Waals surface area contributed by atoms with Crippen molar-refractivity contribution in [3.8, 4) is 0 Å². The second-order valence-electron chi connectivity index (χ2n) is 5.96. The predicted molar refractivity (Wildman–Crippen MR) is 95.7 cm³/mol. The van der Waals surface area contributed by atoms with Gasteiger partial charge in [-0.15, -0.1) is 0 Å². The Balaban J connectivity index is 1.61. The number of hydrogen-bond donors (Lipinski definition) is 0. The van der Waals surface area contributed by atoms with E-state index in [0.29, 0.717) is 48.9 Å². The number of amides is 1. The molecule has 1 saturated heterocycles. The lowest BCUT2D eigenvalue weighted by Gasteiger charge is -2.34. The average molecular weight is 360 g/mol. The van der Waals surface area contributed by atoms with Gasteiger partial charge in [-0.05, 0) is 18.2 Å². The van der Waals surface area contributed by atoms with Crippen LogP contribution in [0.5, 0.6) is 0 Å². The van der Waals surface area contributed by atoms with E-state index in [4.69, 9.17) is 11.6 Å². The summed E-state index contributed by atoms with van der Waals surface area (Å²) in [5.41, 5.74) is 1.42. The molecule has 1 heterocycles. The minimum absolute atomic E-state index is 0.0344. The standard InChI is InChI=1S/C18H18ClN3O3/c19-16-6-3-5-14(12-16)18(23)21-10-8-20(9-11-21)13-15-4-1-2-7-17(15)22(24)25/h1-7,12H,8-11,13H2. The summed E-state index contributed by atoms with van der Waals surface area (Å²) in [6, 6.07) is 13.7. The summed E-state index contributed by atoms with van der Waals surface area (Å²) < 4.78 is 0. The summed E-state index contributed by atoms with van der Waals surface area (Å²) in [4.78, 5) is 27.2. The Kier molecular flexibility index (Phi) is 5.31. The van der Waals surface area contributed by atoms with E-state index in [9.17, 15) is 14.9 Å². The van der Waals surface area contributed by atoms with Crippen molar-refractivity contribution in [3.05, 3.63) is 74.8 Å². The molecule has 0 aromatic heterocycles. The summed E-state index contributed by atoms with van der Waals surface area (Å²) in [6.45, 7) is 3.05. The van der Waals surface area contributed by atoms with Crippen molar-refractivity contribution in [1.29, 1.82) is 0 Å². The van der Waals surface area contributed by atoms with Crippen LogP contribution in [-0.2, 0) is 6.54 Å². The van der Waals surface area contributed by atoms with Gasteiger partial charge in [-0.1, -0.05) is 35.9 Å². The monoisotopic (exact) mass is 359 g/mol. The predicted octanol–water partition coefficient (Wildman–Crippen LogP) is 3.21. The van der Waals surface area contributed by atoms with E-state index in [1.807, 2.05) is 0 Å². The molecule has 2 aromatic rings. The summed E-state index contributed by atoms with van der Waals surface area (Å²) in [5.74, 6) is -0.0344. The maximum Gasteiger partial charge on any atom is 0.273 e. The largest absolute Gasteiger partial charge is 0.336 e. The fourth-order valence-corrected chi connectivity index (χ4v) is 3.17. The number of carbonyl (C=O) groups excluding carboxylic acids is 1. The molecule has 0 unspecified atom stereocenters. The lowest BCUT2D eigenvalue weighted by atomic mass is 10.1. The Hall–Kier alpha value is -2.44. The molecule has 0 radical (unpaired) electrons. The van der Waals surface area contributed by atoms with Crippen LogP contribution in [0.4, 0.5) is 5.69 Å². The van der Waals surface area contributed by atoms with Crippen LogP contribution in [0.15, 0.2) is 48.5 Å². The number of nitro groups is 1. The first-order valence-electron chi connectivity index (χ1n) is 8.04. The third-order valence-electron chi connectivity index (χ3n) is 4.31. The zero-order valence-corrected chi connectivity index (χ0v) is 14.4. The van der Waals surface area contributed by atoms with E-state index in [2.05, 4.69) is 4.90 Å². The van der Waals surface area contributed by atoms with Crippen LogP contribution >= 0.6 is 11.6 Å². The van der Waals surface area contributed by atoms with Gasteiger partial charge in [-0.25, -0.2) is 0 Å². The van der Waals surface area contributed by atoms with Gasteiger partial charge in [0.1, 0.15) is 0 Å². The number of carbonyl (C=O) groups is 1. The van der Waals surface area contributed by atoms with E-state index in [1.54, 1.807) is 47.4 Å². The normalized spacial score (nSPS) is 15.2. The highest BCUT2D eigenvalue weighted by Crippen LogP contribution is 2.21. The number of para-hydroxylation sites is 1. The molecule has 1 aliphatic rings. The van der Waals surface area contributed by atoms with E-state index in [1.165, 1.54) is 6.07 Å². The van der Waals surface area contributed by atoms with Crippen LogP contribution < -0.4 is 0 Å². The Morgan fingerprint density at radius 1 is 1.08 bits per heavy atom. The van der Waals surface area contributed by atoms with Crippen LogP contribution in [0, 0.1) is 10.1 Å². The number of rotatable bonds is 4. The summed E-state index contributed by atoms with van der Waals surface area (Å²) in [5, 5.41) is 11.7. The van der Waals surface area contributed by atoms with Crippen LogP contribution in [0.1, 0.15) is 15.9 Å². The van der Waals surface area contributed by atoms with Crippen LogP contribution in [0.2, 0.25) is 5.02 Å². The molecular formula is C18H18ClN3O3. The number of benzene rings is 2. The molecule has 25 heavy (non-hydrogen) atoms. The number of nitrogens with zero attached hydrogens (tertiary/aromatic N) is 3. The maximum absolute atomic E-state index is 12.5.